The van der Waals surface area contributed by atoms with Crippen molar-refractivity contribution in [3.8, 4) is 0 Å². The lowest BCUT2D eigenvalue weighted by molar-refractivity contribution is -0.120. The van der Waals surface area contributed by atoms with Crippen molar-refractivity contribution in [1.82, 2.24) is 10.3 Å². The molecule has 0 aliphatic rings. The van der Waals surface area contributed by atoms with Gasteiger partial charge in [-0.15, -0.1) is 11.3 Å². The predicted molar refractivity (Wildman–Crippen MR) is 113 cm³/mol. The molecule has 0 aliphatic heterocycles. The van der Waals surface area contributed by atoms with Gasteiger partial charge in [0.05, 0.1) is 12.1 Å². The third-order valence-electron chi connectivity index (χ3n) is 4.00. The molecule has 144 valence electrons. The molecular formula is C21H22N4O2S. The molecule has 2 aromatic carbocycles. The maximum absolute atomic E-state index is 12.1. The fraction of sp³-hybridized carbons (Fsp3) is 0.190. The Morgan fingerprint density at radius 3 is 2.50 bits per heavy atom. The van der Waals surface area contributed by atoms with Crippen LogP contribution in [0.4, 0.5) is 15.6 Å². The van der Waals surface area contributed by atoms with E-state index < -0.39 is 0 Å². The highest BCUT2D eigenvalue weighted by Gasteiger charge is 2.10. The zero-order valence-corrected chi connectivity index (χ0v) is 16.4. The van der Waals surface area contributed by atoms with Crippen molar-refractivity contribution < 1.29 is 9.59 Å². The molecule has 3 amide bonds. The molecule has 0 aliphatic carbocycles. The molecule has 0 unspecified atom stereocenters. The standard InChI is InChI=1S/C21H22N4O2S/c1-15-7-9-17(10-8-15)23-20(27)25-21-24-18(14-28-21)13-19(26)22-12-11-16-5-3-2-4-6-16/h2-10,14H,11-13H2,1H3,(H,22,26)(H2,23,24,25,27). The van der Waals surface area contributed by atoms with Crippen molar-refractivity contribution in [2.75, 3.05) is 17.2 Å². The molecule has 0 radical (unpaired) electrons. The first kappa shape index (κ1) is 19.6. The van der Waals surface area contributed by atoms with Crippen LogP contribution >= 0.6 is 11.3 Å². The maximum atomic E-state index is 12.1. The van der Waals surface area contributed by atoms with E-state index in [2.05, 4.69) is 20.9 Å². The molecule has 0 fully saturated rings. The molecule has 6 nitrogen and oxygen atoms in total. The highest BCUT2D eigenvalue weighted by Crippen LogP contribution is 2.16. The molecule has 0 saturated heterocycles. The number of urea groups is 1. The number of hydrogen-bond acceptors (Lipinski definition) is 4. The van der Waals surface area contributed by atoms with Crippen molar-refractivity contribution in [1.29, 1.82) is 0 Å². The van der Waals surface area contributed by atoms with Crippen LogP contribution in [0.1, 0.15) is 16.8 Å². The molecular weight excluding hydrogens is 372 g/mol. The average molecular weight is 395 g/mol. The molecule has 0 atom stereocenters. The fourth-order valence-corrected chi connectivity index (χ4v) is 3.27. The van der Waals surface area contributed by atoms with Gasteiger partial charge in [0.15, 0.2) is 5.13 Å². The summed E-state index contributed by atoms with van der Waals surface area (Å²) in [6, 6.07) is 17.2. The summed E-state index contributed by atoms with van der Waals surface area (Å²) in [5, 5.41) is 10.6. The van der Waals surface area contributed by atoms with Crippen LogP contribution in [-0.4, -0.2) is 23.5 Å². The minimum absolute atomic E-state index is 0.0862. The zero-order valence-electron chi connectivity index (χ0n) is 15.6. The van der Waals surface area contributed by atoms with Gasteiger partial charge in [-0.1, -0.05) is 48.0 Å². The van der Waals surface area contributed by atoms with E-state index in [4.69, 9.17) is 0 Å². The Morgan fingerprint density at radius 2 is 1.75 bits per heavy atom. The van der Waals surface area contributed by atoms with Gasteiger partial charge in [0.25, 0.3) is 0 Å². The van der Waals surface area contributed by atoms with Crippen LogP contribution < -0.4 is 16.0 Å². The van der Waals surface area contributed by atoms with Crippen LogP contribution in [0.2, 0.25) is 0 Å². The minimum atomic E-state index is -0.364. The van der Waals surface area contributed by atoms with E-state index in [9.17, 15) is 9.59 Å². The van der Waals surface area contributed by atoms with Gasteiger partial charge in [0, 0.05) is 17.6 Å². The van der Waals surface area contributed by atoms with E-state index in [0.717, 1.165) is 12.0 Å². The van der Waals surface area contributed by atoms with Gasteiger partial charge in [-0.3, -0.25) is 10.1 Å². The monoisotopic (exact) mass is 394 g/mol. The topological polar surface area (TPSA) is 83.1 Å². The lowest BCUT2D eigenvalue weighted by Gasteiger charge is -2.05. The molecule has 28 heavy (non-hydrogen) atoms. The third kappa shape index (κ3) is 6.21. The largest absolute Gasteiger partial charge is 0.355 e. The first-order chi connectivity index (χ1) is 13.6. The number of hydrogen-bond donors (Lipinski definition) is 3. The summed E-state index contributed by atoms with van der Waals surface area (Å²) < 4.78 is 0. The SMILES string of the molecule is Cc1ccc(NC(=O)Nc2nc(CC(=O)NCCc3ccccc3)cs2)cc1. The Kier molecular flexibility index (Phi) is 6.75. The molecule has 1 heterocycles. The number of nitrogens with one attached hydrogen (secondary N) is 3. The number of rotatable bonds is 7. The van der Waals surface area contributed by atoms with Gasteiger partial charge in [0.1, 0.15) is 0 Å². The lowest BCUT2D eigenvalue weighted by atomic mass is 10.1. The Morgan fingerprint density at radius 1 is 1.00 bits per heavy atom. The molecule has 7 heteroatoms. The minimum Gasteiger partial charge on any atom is -0.355 e. The second kappa shape index (κ2) is 9.66. The number of amides is 3. The quantitative estimate of drug-likeness (QED) is 0.566. The number of thiazole rings is 1. The van der Waals surface area contributed by atoms with Crippen LogP contribution in [0, 0.1) is 6.92 Å². The molecule has 0 spiro atoms. The summed E-state index contributed by atoms with van der Waals surface area (Å²) in [5.41, 5.74) is 3.64. The summed E-state index contributed by atoms with van der Waals surface area (Å²) in [5.74, 6) is -0.0862. The van der Waals surface area contributed by atoms with Gasteiger partial charge in [-0.2, -0.15) is 0 Å². The fourth-order valence-electron chi connectivity index (χ4n) is 2.56. The van der Waals surface area contributed by atoms with Gasteiger partial charge < -0.3 is 10.6 Å². The van der Waals surface area contributed by atoms with Crippen molar-refractivity contribution in [2.45, 2.75) is 19.8 Å². The second-order valence-electron chi connectivity index (χ2n) is 6.35. The van der Waals surface area contributed by atoms with Crippen LogP contribution in [0.3, 0.4) is 0 Å². The summed E-state index contributed by atoms with van der Waals surface area (Å²) in [4.78, 5) is 28.4. The first-order valence-corrected chi connectivity index (χ1v) is 9.86. The van der Waals surface area contributed by atoms with Crippen molar-refractivity contribution in [3.05, 3.63) is 76.8 Å². The number of anilines is 2. The highest BCUT2D eigenvalue weighted by atomic mass is 32.1. The van der Waals surface area contributed by atoms with Gasteiger partial charge >= 0.3 is 6.03 Å². The van der Waals surface area contributed by atoms with Gasteiger partial charge in [-0.25, -0.2) is 9.78 Å². The van der Waals surface area contributed by atoms with Crippen molar-refractivity contribution in [2.24, 2.45) is 0 Å². The lowest BCUT2D eigenvalue weighted by Crippen LogP contribution is -2.27. The average Bonchev–Trinajstić information content (AvgIpc) is 3.11. The van der Waals surface area contributed by atoms with E-state index in [0.29, 0.717) is 23.1 Å². The number of aryl methyl sites for hydroxylation is 1. The van der Waals surface area contributed by atoms with E-state index in [1.807, 2.05) is 61.5 Å². The Balaban J connectivity index is 1.42. The van der Waals surface area contributed by atoms with E-state index in [1.165, 1.54) is 16.9 Å². The normalized spacial score (nSPS) is 10.3. The van der Waals surface area contributed by atoms with Gasteiger partial charge in [0.2, 0.25) is 5.91 Å². The molecule has 3 rings (SSSR count). The number of aromatic nitrogens is 1. The molecule has 3 N–H and O–H groups in total. The molecule has 0 bridgehead atoms. The summed E-state index contributed by atoms with van der Waals surface area (Å²) >= 11 is 1.29. The molecule has 0 saturated carbocycles. The summed E-state index contributed by atoms with van der Waals surface area (Å²) in [6.07, 6.45) is 0.974. The Bertz CT molecular complexity index is 923. The van der Waals surface area contributed by atoms with Crippen LogP contribution in [0.5, 0.6) is 0 Å². The predicted octanol–water partition coefficient (Wildman–Crippen LogP) is 4.00. The molecule has 3 aromatic rings. The van der Waals surface area contributed by atoms with Crippen molar-refractivity contribution >= 4 is 34.1 Å². The third-order valence-corrected chi connectivity index (χ3v) is 4.81. The second-order valence-corrected chi connectivity index (χ2v) is 7.21. The van der Waals surface area contributed by atoms with Crippen LogP contribution in [0.25, 0.3) is 0 Å². The Labute approximate surface area is 168 Å². The van der Waals surface area contributed by atoms with Crippen LogP contribution in [0.15, 0.2) is 60.0 Å². The van der Waals surface area contributed by atoms with E-state index in [1.54, 1.807) is 5.38 Å². The summed E-state index contributed by atoms with van der Waals surface area (Å²) in [7, 11) is 0. The van der Waals surface area contributed by atoms with E-state index in [-0.39, 0.29) is 18.4 Å². The van der Waals surface area contributed by atoms with Crippen molar-refractivity contribution in [3.63, 3.8) is 0 Å². The van der Waals surface area contributed by atoms with Crippen LogP contribution in [-0.2, 0) is 17.6 Å². The number of carbonyl (C=O) groups is 2. The zero-order chi connectivity index (χ0) is 19.8. The summed E-state index contributed by atoms with van der Waals surface area (Å²) in [6.45, 7) is 2.57. The first-order valence-electron chi connectivity index (χ1n) is 8.98. The smallest absolute Gasteiger partial charge is 0.325 e. The number of nitrogens with zero attached hydrogens (tertiary/aromatic N) is 1. The number of benzene rings is 2. The number of carbonyl (C=O) groups excluding carboxylic acids is 2. The molecule has 1 aromatic heterocycles. The van der Waals surface area contributed by atoms with E-state index >= 15 is 0 Å². The maximum Gasteiger partial charge on any atom is 0.325 e. The highest BCUT2D eigenvalue weighted by molar-refractivity contribution is 7.14. The Hall–Kier alpha value is -3.19. The van der Waals surface area contributed by atoms with Gasteiger partial charge in [-0.05, 0) is 31.0 Å².